The number of amides is 1. The molecule has 5 unspecified atom stereocenters. The Labute approximate surface area is 141 Å². The highest BCUT2D eigenvalue weighted by Crippen LogP contribution is 2.61. The van der Waals surface area contributed by atoms with E-state index in [2.05, 4.69) is 5.32 Å². The number of carboxylic acid groups (broad SMARTS) is 3. The van der Waals surface area contributed by atoms with E-state index in [1.807, 2.05) is 0 Å². The number of carbonyl (C=O) groups is 4. The molecule has 0 aliphatic heterocycles. The van der Waals surface area contributed by atoms with Gasteiger partial charge in [0.2, 0.25) is 0 Å². The SMILES string of the molecule is NC1(C(=O)O)CC(NC(=O)c2ccccc2C(=O)O)C2C(C(=O)O)C21. The van der Waals surface area contributed by atoms with Crippen molar-refractivity contribution < 1.29 is 34.5 Å². The Hall–Kier alpha value is -2.94. The molecule has 132 valence electrons. The number of fused-ring (bicyclic) bond motifs is 1. The van der Waals surface area contributed by atoms with E-state index < -0.39 is 53.1 Å². The van der Waals surface area contributed by atoms with Crippen LogP contribution in [0.3, 0.4) is 0 Å². The zero-order chi connectivity index (χ0) is 18.5. The van der Waals surface area contributed by atoms with Gasteiger partial charge in [0.25, 0.3) is 5.91 Å². The Kier molecular flexibility index (Phi) is 3.76. The van der Waals surface area contributed by atoms with Gasteiger partial charge in [-0.2, -0.15) is 0 Å². The summed E-state index contributed by atoms with van der Waals surface area (Å²) in [5.41, 5.74) is 3.89. The Morgan fingerprint density at radius 3 is 2.20 bits per heavy atom. The van der Waals surface area contributed by atoms with Crippen LogP contribution in [0.5, 0.6) is 0 Å². The lowest BCUT2D eigenvalue weighted by atomic mass is 9.90. The van der Waals surface area contributed by atoms with Crippen molar-refractivity contribution in [3.8, 4) is 0 Å². The van der Waals surface area contributed by atoms with Crippen LogP contribution in [0, 0.1) is 17.8 Å². The molecule has 1 amide bonds. The minimum atomic E-state index is -1.72. The van der Waals surface area contributed by atoms with Gasteiger partial charge in [0, 0.05) is 12.0 Å². The molecule has 0 aromatic heterocycles. The predicted molar refractivity (Wildman–Crippen MR) is 81.9 cm³/mol. The van der Waals surface area contributed by atoms with Crippen LogP contribution in [0.15, 0.2) is 24.3 Å². The highest BCUT2D eigenvalue weighted by atomic mass is 16.4. The molecule has 2 saturated carbocycles. The normalized spacial score (nSPS) is 32.5. The smallest absolute Gasteiger partial charge is 0.336 e. The second-order valence-electron chi connectivity index (χ2n) is 6.45. The van der Waals surface area contributed by atoms with Crippen molar-refractivity contribution in [3.05, 3.63) is 35.4 Å². The largest absolute Gasteiger partial charge is 0.481 e. The van der Waals surface area contributed by atoms with E-state index in [4.69, 9.17) is 10.8 Å². The standard InChI is InChI=1S/C16H16N2O7/c17-16(15(24)25)5-8(9-10(11(9)16)14(22)23)18-12(19)6-3-1-2-4-7(6)13(20)21/h1-4,8-11H,5,17H2,(H,18,19)(H,20,21)(H,22,23)(H,24,25). The van der Waals surface area contributed by atoms with E-state index in [0.717, 1.165) is 0 Å². The number of rotatable bonds is 5. The summed E-state index contributed by atoms with van der Waals surface area (Å²) in [4.78, 5) is 46.4. The molecule has 3 rings (SSSR count). The van der Waals surface area contributed by atoms with Crippen molar-refractivity contribution in [1.29, 1.82) is 0 Å². The van der Waals surface area contributed by atoms with Crippen molar-refractivity contribution in [2.24, 2.45) is 23.5 Å². The third kappa shape index (κ3) is 2.52. The summed E-state index contributed by atoms with van der Waals surface area (Å²) in [6.07, 6.45) is -0.109. The third-order valence-electron chi connectivity index (χ3n) is 5.09. The van der Waals surface area contributed by atoms with Crippen LogP contribution < -0.4 is 11.1 Å². The fraction of sp³-hybridized carbons (Fsp3) is 0.375. The van der Waals surface area contributed by atoms with Gasteiger partial charge < -0.3 is 26.4 Å². The van der Waals surface area contributed by atoms with Gasteiger partial charge in [-0.15, -0.1) is 0 Å². The summed E-state index contributed by atoms with van der Waals surface area (Å²) in [5.74, 6) is -6.72. The topological polar surface area (TPSA) is 167 Å². The lowest BCUT2D eigenvalue weighted by Gasteiger charge is -2.25. The van der Waals surface area contributed by atoms with E-state index in [9.17, 15) is 29.4 Å². The number of hydrogen-bond acceptors (Lipinski definition) is 5. The van der Waals surface area contributed by atoms with Crippen molar-refractivity contribution >= 4 is 23.8 Å². The van der Waals surface area contributed by atoms with Gasteiger partial charge in [0.05, 0.1) is 17.0 Å². The predicted octanol–water partition coefficient (Wildman–Crippen LogP) is -0.384. The van der Waals surface area contributed by atoms with Gasteiger partial charge in [0.1, 0.15) is 5.54 Å². The number of carbonyl (C=O) groups excluding carboxylic acids is 1. The molecule has 0 saturated heterocycles. The summed E-state index contributed by atoms with van der Waals surface area (Å²) in [6.45, 7) is 0. The van der Waals surface area contributed by atoms with Crippen molar-refractivity contribution in [1.82, 2.24) is 5.32 Å². The average molecular weight is 348 g/mol. The van der Waals surface area contributed by atoms with Crippen LogP contribution in [0.4, 0.5) is 0 Å². The van der Waals surface area contributed by atoms with Gasteiger partial charge in [-0.3, -0.25) is 14.4 Å². The zero-order valence-electron chi connectivity index (χ0n) is 12.9. The van der Waals surface area contributed by atoms with Gasteiger partial charge in [-0.1, -0.05) is 12.1 Å². The first-order valence-corrected chi connectivity index (χ1v) is 7.56. The molecule has 2 aliphatic rings. The van der Waals surface area contributed by atoms with Gasteiger partial charge >= 0.3 is 17.9 Å². The molecule has 0 radical (unpaired) electrons. The minimum absolute atomic E-state index is 0.0797. The number of carboxylic acids is 3. The Bertz CT molecular complexity index is 792. The van der Waals surface area contributed by atoms with Crippen molar-refractivity contribution in [2.45, 2.75) is 18.0 Å². The second kappa shape index (κ2) is 5.55. The lowest BCUT2D eigenvalue weighted by molar-refractivity contribution is -0.145. The van der Waals surface area contributed by atoms with E-state index in [-0.39, 0.29) is 17.5 Å². The van der Waals surface area contributed by atoms with Gasteiger partial charge in [-0.05, 0) is 24.5 Å². The highest BCUT2D eigenvalue weighted by molar-refractivity contribution is 6.05. The monoisotopic (exact) mass is 348 g/mol. The molecule has 0 heterocycles. The fourth-order valence-corrected chi connectivity index (χ4v) is 3.94. The second-order valence-corrected chi connectivity index (χ2v) is 6.45. The van der Waals surface area contributed by atoms with E-state index in [0.29, 0.717) is 0 Å². The molecule has 6 N–H and O–H groups in total. The maximum absolute atomic E-state index is 12.4. The summed E-state index contributed by atoms with van der Waals surface area (Å²) in [7, 11) is 0. The summed E-state index contributed by atoms with van der Waals surface area (Å²) in [5, 5.41) is 30.3. The van der Waals surface area contributed by atoms with Crippen LogP contribution >= 0.6 is 0 Å². The highest BCUT2D eigenvalue weighted by Gasteiger charge is 2.74. The molecule has 9 heteroatoms. The van der Waals surface area contributed by atoms with Crippen molar-refractivity contribution in [2.75, 3.05) is 0 Å². The molecule has 25 heavy (non-hydrogen) atoms. The van der Waals surface area contributed by atoms with Crippen LogP contribution in [-0.4, -0.2) is 50.7 Å². The van der Waals surface area contributed by atoms with Crippen LogP contribution in [0.1, 0.15) is 27.1 Å². The van der Waals surface area contributed by atoms with Crippen LogP contribution in [0.25, 0.3) is 0 Å². The van der Waals surface area contributed by atoms with Crippen LogP contribution in [-0.2, 0) is 9.59 Å². The van der Waals surface area contributed by atoms with E-state index in [1.165, 1.54) is 24.3 Å². The number of nitrogens with two attached hydrogens (primary N) is 1. The number of aliphatic carboxylic acids is 2. The van der Waals surface area contributed by atoms with Gasteiger partial charge in [0.15, 0.2) is 0 Å². The van der Waals surface area contributed by atoms with E-state index >= 15 is 0 Å². The number of aromatic carboxylic acids is 1. The van der Waals surface area contributed by atoms with Crippen molar-refractivity contribution in [3.63, 3.8) is 0 Å². The average Bonchev–Trinajstić information content (AvgIpc) is 3.23. The Morgan fingerprint density at radius 1 is 1.08 bits per heavy atom. The first kappa shape index (κ1) is 16.9. The summed E-state index contributed by atoms with van der Waals surface area (Å²) < 4.78 is 0. The lowest BCUT2D eigenvalue weighted by Crippen LogP contribution is -2.52. The summed E-state index contributed by atoms with van der Waals surface area (Å²) in [6, 6.07) is 4.83. The molecule has 5 atom stereocenters. The van der Waals surface area contributed by atoms with Crippen LogP contribution in [0.2, 0.25) is 0 Å². The molecule has 0 spiro atoms. The first-order chi connectivity index (χ1) is 11.7. The fourth-order valence-electron chi connectivity index (χ4n) is 3.94. The number of nitrogens with one attached hydrogen (secondary N) is 1. The van der Waals surface area contributed by atoms with E-state index in [1.54, 1.807) is 0 Å². The molecule has 0 bridgehead atoms. The maximum Gasteiger partial charge on any atom is 0.336 e. The quantitative estimate of drug-likeness (QED) is 0.480. The molecule has 1 aromatic rings. The first-order valence-electron chi connectivity index (χ1n) is 7.56. The molecule has 2 fully saturated rings. The maximum atomic E-state index is 12.4. The third-order valence-corrected chi connectivity index (χ3v) is 5.09. The zero-order valence-corrected chi connectivity index (χ0v) is 12.9. The molecule has 2 aliphatic carbocycles. The molecule has 9 nitrogen and oxygen atoms in total. The molecular weight excluding hydrogens is 332 g/mol. The van der Waals surface area contributed by atoms with Gasteiger partial charge in [-0.25, -0.2) is 4.79 Å². The number of benzene rings is 1. The Morgan fingerprint density at radius 2 is 1.68 bits per heavy atom. The minimum Gasteiger partial charge on any atom is -0.481 e. The Balaban J connectivity index is 1.84. The number of hydrogen-bond donors (Lipinski definition) is 5. The molecular formula is C16H16N2O7. The molecule has 1 aromatic carbocycles. The summed E-state index contributed by atoms with van der Waals surface area (Å²) >= 11 is 0.